The van der Waals surface area contributed by atoms with E-state index in [2.05, 4.69) is 5.32 Å². The van der Waals surface area contributed by atoms with Crippen molar-refractivity contribution in [3.05, 3.63) is 64.8 Å². The molecule has 0 bridgehead atoms. The first-order valence-electron chi connectivity index (χ1n) is 9.41. The molecule has 0 unspecified atom stereocenters. The highest BCUT2D eigenvalue weighted by Crippen LogP contribution is 2.24. The average Bonchev–Trinajstić information content (AvgIpc) is 2.74. The van der Waals surface area contributed by atoms with Crippen molar-refractivity contribution >= 4 is 16.9 Å². The van der Waals surface area contributed by atoms with Gasteiger partial charge in [0.2, 0.25) is 11.2 Å². The molecule has 0 spiro atoms. The van der Waals surface area contributed by atoms with Gasteiger partial charge in [0.15, 0.2) is 6.61 Å². The van der Waals surface area contributed by atoms with E-state index in [4.69, 9.17) is 13.9 Å². The molecule has 0 radical (unpaired) electrons. The molecule has 152 valence electrons. The van der Waals surface area contributed by atoms with Crippen LogP contribution in [0.1, 0.15) is 26.7 Å². The molecule has 0 atom stereocenters. The molecule has 29 heavy (non-hydrogen) atoms. The predicted molar refractivity (Wildman–Crippen MR) is 107 cm³/mol. The number of halogens is 1. The van der Waals surface area contributed by atoms with Gasteiger partial charge in [-0.15, -0.1) is 0 Å². The first-order valence-corrected chi connectivity index (χ1v) is 9.41. The molecule has 1 aromatic heterocycles. The van der Waals surface area contributed by atoms with E-state index in [0.29, 0.717) is 22.5 Å². The van der Waals surface area contributed by atoms with Crippen LogP contribution in [0.4, 0.5) is 4.39 Å². The van der Waals surface area contributed by atoms with E-state index < -0.39 is 5.82 Å². The monoisotopic (exact) mass is 399 g/mol. The Kier molecular flexibility index (Phi) is 6.49. The molecule has 6 nitrogen and oxygen atoms in total. The van der Waals surface area contributed by atoms with E-state index in [1.807, 2.05) is 13.8 Å². The van der Waals surface area contributed by atoms with Gasteiger partial charge in [0.1, 0.15) is 29.2 Å². The Morgan fingerprint density at radius 2 is 1.79 bits per heavy atom. The molecule has 3 rings (SSSR count). The van der Waals surface area contributed by atoms with Gasteiger partial charge in [-0.3, -0.25) is 9.59 Å². The fourth-order valence-electron chi connectivity index (χ4n) is 2.79. The van der Waals surface area contributed by atoms with Crippen molar-refractivity contribution in [2.24, 2.45) is 0 Å². The number of carbonyl (C=O) groups excluding carboxylic acids is 1. The zero-order valence-electron chi connectivity index (χ0n) is 16.2. The molecule has 0 aliphatic carbocycles. The van der Waals surface area contributed by atoms with E-state index in [1.165, 1.54) is 30.5 Å². The van der Waals surface area contributed by atoms with Crippen LogP contribution in [0.5, 0.6) is 17.2 Å². The molecule has 0 saturated heterocycles. The molecule has 1 N–H and O–H groups in total. The molecule has 2 aromatic carbocycles. The standard InChI is InChI=1S/C22H22FNO5/c1-3-15(4-2)24-21(25)13-27-17-9-10-18-19(11-17)28-12-20(22(18)26)29-16-7-5-14(23)6-8-16/h5-12,15H,3-4,13H2,1-2H3,(H,24,25). The molecule has 0 aliphatic heterocycles. The highest BCUT2D eigenvalue weighted by Gasteiger charge is 2.12. The highest BCUT2D eigenvalue weighted by atomic mass is 19.1. The Labute approximate surface area is 167 Å². The zero-order valence-corrected chi connectivity index (χ0v) is 16.2. The fraction of sp³-hybridized carbons (Fsp3) is 0.273. The lowest BCUT2D eigenvalue weighted by Crippen LogP contribution is -2.37. The van der Waals surface area contributed by atoms with E-state index in [9.17, 15) is 14.0 Å². The summed E-state index contributed by atoms with van der Waals surface area (Å²) in [6, 6.07) is 10.1. The van der Waals surface area contributed by atoms with Crippen molar-refractivity contribution < 1.29 is 23.1 Å². The summed E-state index contributed by atoms with van der Waals surface area (Å²) in [5.41, 5.74) is -0.0621. The number of rotatable bonds is 8. The Balaban J connectivity index is 1.71. The zero-order chi connectivity index (χ0) is 20.8. The minimum atomic E-state index is -0.399. The van der Waals surface area contributed by atoms with Crippen LogP contribution >= 0.6 is 0 Å². The summed E-state index contributed by atoms with van der Waals surface area (Å²) in [5, 5.41) is 3.19. The third kappa shape index (κ3) is 5.13. The third-order valence-corrected chi connectivity index (χ3v) is 4.48. The molecule has 0 fully saturated rings. The minimum Gasteiger partial charge on any atom is -0.484 e. The van der Waals surface area contributed by atoms with Gasteiger partial charge in [0.05, 0.1) is 5.39 Å². The number of ether oxygens (including phenoxy) is 2. The number of hydrogen-bond donors (Lipinski definition) is 1. The third-order valence-electron chi connectivity index (χ3n) is 4.48. The van der Waals surface area contributed by atoms with Crippen molar-refractivity contribution in [3.8, 4) is 17.2 Å². The van der Waals surface area contributed by atoms with Gasteiger partial charge in [-0.2, -0.15) is 0 Å². The first-order chi connectivity index (χ1) is 14.0. The van der Waals surface area contributed by atoms with Crippen LogP contribution < -0.4 is 20.2 Å². The molecular formula is C22H22FNO5. The molecule has 0 aliphatic rings. The first kappa shape index (κ1) is 20.4. The summed E-state index contributed by atoms with van der Waals surface area (Å²) in [6.45, 7) is 3.89. The second-order valence-corrected chi connectivity index (χ2v) is 6.51. The SMILES string of the molecule is CCC(CC)NC(=O)COc1ccc2c(=O)c(Oc3ccc(F)cc3)coc2c1. The number of benzene rings is 2. The Bertz CT molecular complexity index is 1040. The van der Waals surface area contributed by atoms with Gasteiger partial charge in [0.25, 0.3) is 5.91 Å². The van der Waals surface area contributed by atoms with Crippen molar-refractivity contribution in [1.29, 1.82) is 0 Å². The van der Waals surface area contributed by atoms with E-state index in [-0.39, 0.29) is 29.7 Å². The van der Waals surface area contributed by atoms with Crippen LogP contribution in [0, 0.1) is 5.82 Å². The number of nitrogens with one attached hydrogen (secondary N) is 1. The van der Waals surface area contributed by atoms with Gasteiger partial charge >= 0.3 is 0 Å². The number of fused-ring (bicyclic) bond motifs is 1. The van der Waals surface area contributed by atoms with Gasteiger partial charge in [0, 0.05) is 12.1 Å². The predicted octanol–water partition coefficient (Wildman–Crippen LogP) is 4.41. The van der Waals surface area contributed by atoms with Gasteiger partial charge in [-0.25, -0.2) is 4.39 Å². The summed E-state index contributed by atoms with van der Waals surface area (Å²) in [7, 11) is 0. The largest absolute Gasteiger partial charge is 0.484 e. The maximum Gasteiger partial charge on any atom is 0.258 e. The Morgan fingerprint density at radius 3 is 2.48 bits per heavy atom. The second kappa shape index (κ2) is 9.23. The number of hydrogen-bond acceptors (Lipinski definition) is 5. The fourth-order valence-corrected chi connectivity index (χ4v) is 2.79. The van der Waals surface area contributed by atoms with Crippen LogP contribution in [0.3, 0.4) is 0 Å². The quantitative estimate of drug-likeness (QED) is 0.607. The van der Waals surface area contributed by atoms with Crippen molar-refractivity contribution in [1.82, 2.24) is 5.32 Å². The molecule has 0 saturated carbocycles. The summed E-state index contributed by atoms with van der Waals surface area (Å²) in [4.78, 5) is 24.6. The lowest BCUT2D eigenvalue weighted by molar-refractivity contribution is -0.123. The normalized spacial score (nSPS) is 10.9. The van der Waals surface area contributed by atoms with Crippen molar-refractivity contribution in [2.45, 2.75) is 32.7 Å². The molecule has 7 heteroatoms. The number of amides is 1. The van der Waals surface area contributed by atoms with Crippen molar-refractivity contribution in [2.75, 3.05) is 6.61 Å². The maximum absolute atomic E-state index is 13.0. The van der Waals surface area contributed by atoms with Crippen LogP contribution in [0.25, 0.3) is 11.0 Å². The second-order valence-electron chi connectivity index (χ2n) is 6.51. The minimum absolute atomic E-state index is 0.0117. The van der Waals surface area contributed by atoms with Crippen molar-refractivity contribution in [3.63, 3.8) is 0 Å². The van der Waals surface area contributed by atoms with E-state index in [0.717, 1.165) is 12.8 Å². The van der Waals surface area contributed by atoms with Crippen LogP contribution in [-0.2, 0) is 4.79 Å². The summed E-state index contributed by atoms with van der Waals surface area (Å²) < 4.78 is 29.5. The lowest BCUT2D eigenvalue weighted by atomic mass is 10.2. The van der Waals surface area contributed by atoms with Gasteiger partial charge < -0.3 is 19.2 Å². The Morgan fingerprint density at radius 1 is 1.10 bits per heavy atom. The smallest absolute Gasteiger partial charge is 0.258 e. The van der Waals surface area contributed by atoms with E-state index >= 15 is 0 Å². The summed E-state index contributed by atoms with van der Waals surface area (Å²) in [6.07, 6.45) is 2.90. The summed E-state index contributed by atoms with van der Waals surface area (Å²) in [5.74, 6) is 0.115. The lowest BCUT2D eigenvalue weighted by Gasteiger charge is -2.15. The topological polar surface area (TPSA) is 77.8 Å². The maximum atomic E-state index is 13.0. The van der Waals surface area contributed by atoms with Gasteiger partial charge in [-0.05, 0) is 49.2 Å². The average molecular weight is 399 g/mol. The molecule has 3 aromatic rings. The molecular weight excluding hydrogens is 377 g/mol. The highest BCUT2D eigenvalue weighted by molar-refractivity contribution is 5.80. The number of carbonyl (C=O) groups is 1. The Hall–Kier alpha value is -3.35. The molecule has 1 amide bonds. The van der Waals surface area contributed by atoms with E-state index in [1.54, 1.807) is 18.2 Å². The van der Waals surface area contributed by atoms with Gasteiger partial charge in [-0.1, -0.05) is 13.8 Å². The van der Waals surface area contributed by atoms with Crippen LogP contribution in [-0.4, -0.2) is 18.6 Å². The summed E-state index contributed by atoms with van der Waals surface area (Å²) >= 11 is 0. The molecule has 1 heterocycles. The van der Waals surface area contributed by atoms with Crippen LogP contribution in [0.15, 0.2) is 57.9 Å². The van der Waals surface area contributed by atoms with Crippen LogP contribution in [0.2, 0.25) is 0 Å².